The van der Waals surface area contributed by atoms with Gasteiger partial charge in [-0.1, -0.05) is 103 Å². The van der Waals surface area contributed by atoms with Crippen LogP contribution in [-0.4, -0.2) is 4.98 Å². The number of para-hydroxylation sites is 1. The fourth-order valence-corrected chi connectivity index (χ4v) is 7.49. The van der Waals surface area contributed by atoms with E-state index in [9.17, 15) is 0 Å². The number of rotatable bonds is 5. The minimum Gasteiger partial charge on any atom is -0.436 e. The Morgan fingerprint density at radius 1 is 0.511 bits per heavy atom. The molecule has 3 nitrogen and oxygen atoms in total. The van der Waals surface area contributed by atoms with Gasteiger partial charge in [0.1, 0.15) is 5.52 Å². The van der Waals surface area contributed by atoms with Crippen LogP contribution in [0.4, 0.5) is 17.1 Å². The lowest BCUT2D eigenvalue weighted by Gasteiger charge is -2.28. The third kappa shape index (κ3) is 4.38. The number of oxazole rings is 1. The van der Waals surface area contributed by atoms with Crippen LogP contribution in [-0.2, 0) is 0 Å². The molecule has 0 aliphatic rings. The Morgan fingerprint density at radius 3 is 2.04 bits per heavy atom. The minimum absolute atomic E-state index is 0.630. The maximum atomic E-state index is 6.26. The number of benzene rings is 7. The van der Waals surface area contributed by atoms with Crippen LogP contribution in [0.5, 0.6) is 0 Å². The summed E-state index contributed by atoms with van der Waals surface area (Å²) in [7, 11) is 0. The normalized spacial score (nSPS) is 11.6. The average molecular weight is 595 g/mol. The maximum absolute atomic E-state index is 6.26. The number of anilines is 3. The average Bonchev–Trinajstić information content (AvgIpc) is 3.71. The van der Waals surface area contributed by atoms with E-state index in [0.717, 1.165) is 44.5 Å². The van der Waals surface area contributed by atoms with Crippen LogP contribution >= 0.6 is 11.3 Å². The standard InChI is InChI=1S/C41H26N2OS/c1-3-11-27(12-4-1)32-15-7-9-17-36(32)43(31-22-23-34-33-16-8-10-18-38(33)45-39(34)26-31)30-21-19-28-20-24-37-40(35(28)25-30)42-41(44-37)29-13-5-2-6-14-29/h1-26H. The molecule has 0 saturated heterocycles. The lowest BCUT2D eigenvalue weighted by molar-refractivity contribution is 0.620. The van der Waals surface area contributed by atoms with E-state index in [1.807, 2.05) is 47.7 Å². The van der Waals surface area contributed by atoms with Gasteiger partial charge in [0.05, 0.1) is 5.69 Å². The Kier molecular flexibility index (Phi) is 6.00. The lowest BCUT2D eigenvalue weighted by atomic mass is 10.0. The van der Waals surface area contributed by atoms with Crippen molar-refractivity contribution in [3.05, 3.63) is 158 Å². The topological polar surface area (TPSA) is 29.3 Å². The molecule has 2 aromatic heterocycles. The number of nitrogens with zero attached hydrogens (tertiary/aromatic N) is 2. The molecule has 212 valence electrons. The molecule has 0 N–H and O–H groups in total. The van der Waals surface area contributed by atoms with Crippen molar-refractivity contribution in [2.75, 3.05) is 4.90 Å². The molecule has 0 saturated carbocycles. The van der Waals surface area contributed by atoms with Gasteiger partial charge in [0.15, 0.2) is 5.58 Å². The van der Waals surface area contributed by atoms with E-state index in [2.05, 4.69) is 126 Å². The zero-order chi connectivity index (χ0) is 29.7. The Labute approximate surface area is 264 Å². The van der Waals surface area contributed by atoms with Crippen molar-refractivity contribution in [2.45, 2.75) is 0 Å². The summed E-state index contributed by atoms with van der Waals surface area (Å²) >= 11 is 1.84. The smallest absolute Gasteiger partial charge is 0.227 e. The molecule has 0 fully saturated rings. The molecule has 0 amide bonds. The Morgan fingerprint density at radius 2 is 1.18 bits per heavy atom. The highest BCUT2D eigenvalue weighted by Crippen LogP contribution is 2.44. The summed E-state index contributed by atoms with van der Waals surface area (Å²) in [4.78, 5) is 7.38. The van der Waals surface area contributed by atoms with Crippen LogP contribution in [0.2, 0.25) is 0 Å². The van der Waals surface area contributed by atoms with Gasteiger partial charge in [0.25, 0.3) is 0 Å². The molecule has 9 rings (SSSR count). The fourth-order valence-electron chi connectivity index (χ4n) is 6.35. The van der Waals surface area contributed by atoms with E-state index in [-0.39, 0.29) is 0 Å². The highest BCUT2D eigenvalue weighted by atomic mass is 32.1. The number of hydrogen-bond acceptors (Lipinski definition) is 4. The molecule has 4 heteroatoms. The van der Waals surface area contributed by atoms with Crippen LogP contribution in [0, 0.1) is 0 Å². The van der Waals surface area contributed by atoms with E-state index in [1.165, 1.54) is 31.3 Å². The summed E-state index contributed by atoms with van der Waals surface area (Å²) in [5.74, 6) is 0.630. The van der Waals surface area contributed by atoms with Gasteiger partial charge < -0.3 is 9.32 Å². The minimum atomic E-state index is 0.630. The van der Waals surface area contributed by atoms with E-state index < -0.39 is 0 Å². The molecule has 0 unspecified atom stereocenters. The second-order valence-corrected chi connectivity index (χ2v) is 12.3. The Bertz CT molecular complexity index is 2500. The second-order valence-electron chi connectivity index (χ2n) is 11.2. The molecule has 0 radical (unpaired) electrons. The number of thiophene rings is 1. The van der Waals surface area contributed by atoms with Gasteiger partial charge in [-0.25, -0.2) is 4.98 Å². The van der Waals surface area contributed by atoms with Gasteiger partial charge >= 0.3 is 0 Å². The van der Waals surface area contributed by atoms with Crippen LogP contribution < -0.4 is 4.90 Å². The zero-order valence-electron chi connectivity index (χ0n) is 24.2. The van der Waals surface area contributed by atoms with Gasteiger partial charge in [0, 0.05) is 48.1 Å². The first-order valence-corrected chi connectivity index (χ1v) is 15.9. The highest BCUT2D eigenvalue weighted by Gasteiger charge is 2.20. The molecule has 7 aromatic carbocycles. The molecule has 0 spiro atoms. The second kappa shape index (κ2) is 10.5. The number of hydrogen-bond donors (Lipinski definition) is 0. The molecule has 0 bridgehead atoms. The Hall–Kier alpha value is -5.71. The van der Waals surface area contributed by atoms with Crippen molar-refractivity contribution >= 4 is 70.4 Å². The van der Waals surface area contributed by atoms with Gasteiger partial charge in [0.2, 0.25) is 5.89 Å². The van der Waals surface area contributed by atoms with Crippen molar-refractivity contribution < 1.29 is 4.42 Å². The molecular formula is C41H26N2OS. The zero-order valence-corrected chi connectivity index (χ0v) is 25.0. The summed E-state index contributed by atoms with van der Waals surface area (Å²) in [6.07, 6.45) is 0. The number of aromatic nitrogens is 1. The Balaban J connectivity index is 1.28. The summed E-state index contributed by atoms with van der Waals surface area (Å²) in [5.41, 5.74) is 8.23. The molecule has 0 aliphatic carbocycles. The molecular weight excluding hydrogens is 569 g/mol. The first-order valence-electron chi connectivity index (χ1n) is 15.0. The summed E-state index contributed by atoms with van der Waals surface area (Å²) in [5, 5.41) is 4.76. The largest absolute Gasteiger partial charge is 0.436 e. The van der Waals surface area contributed by atoms with Gasteiger partial charge in [-0.3, -0.25) is 0 Å². The van der Waals surface area contributed by atoms with Crippen molar-refractivity contribution in [3.8, 4) is 22.6 Å². The third-order valence-electron chi connectivity index (χ3n) is 8.49. The lowest BCUT2D eigenvalue weighted by Crippen LogP contribution is -2.11. The summed E-state index contributed by atoms with van der Waals surface area (Å²) in [6, 6.07) is 55.7. The quantitative estimate of drug-likeness (QED) is 0.198. The van der Waals surface area contributed by atoms with Crippen LogP contribution in [0.3, 0.4) is 0 Å². The fraction of sp³-hybridized carbons (Fsp3) is 0. The van der Waals surface area contributed by atoms with Crippen molar-refractivity contribution in [2.24, 2.45) is 0 Å². The molecule has 0 aliphatic heterocycles. The van der Waals surface area contributed by atoms with E-state index in [1.54, 1.807) is 0 Å². The predicted octanol–water partition coefficient (Wildman–Crippen LogP) is 12.2. The highest BCUT2D eigenvalue weighted by molar-refractivity contribution is 7.25. The first kappa shape index (κ1) is 25.8. The van der Waals surface area contributed by atoms with E-state index in [4.69, 9.17) is 9.40 Å². The van der Waals surface area contributed by atoms with Crippen LogP contribution in [0.25, 0.3) is 64.6 Å². The SMILES string of the molecule is c1ccc(-c2nc3c(ccc4ccc(N(c5ccc6c(c5)sc5ccccc56)c5ccccc5-c5ccccc5)cc43)o2)cc1. The van der Waals surface area contributed by atoms with Gasteiger partial charge in [-0.15, -0.1) is 11.3 Å². The molecule has 45 heavy (non-hydrogen) atoms. The van der Waals surface area contributed by atoms with Crippen LogP contribution in [0.1, 0.15) is 0 Å². The predicted molar refractivity (Wildman–Crippen MR) is 190 cm³/mol. The molecule has 2 heterocycles. The maximum Gasteiger partial charge on any atom is 0.227 e. The summed E-state index contributed by atoms with van der Waals surface area (Å²) in [6.45, 7) is 0. The molecule has 9 aromatic rings. The summed E-state index contributed by atoms with van der Waals surface area (Å²) < 4.78 is 8.83. The first-order chi connectivity index (χ1) is 22.3. The van der Waals surface area contributed by atoms with Crippen molar-refractivity contribution in [1.29, 1.82) is 0 Å². The van der Waals surface area contributed by atoms with Gasteiger partial charge in [-0.2, -0.15) is 0 Å². The van der Waals surface area contributed by atoms with E-state index in [0.29, 0.717) is 5.89 Å². The van der Waals surface area contributed by atoms with Crippen LogP contribution in [0.15, 0.2) is 162 Å². The third-order valence-corrected chi connectivity index (χ3v) is 9.62. The monoisotopic (exact) mass is 594 g/mol. The number of fused-ring (bicyclic) bond motifs is 6. The molecule has 0 atom stereocenters. The van der Waals surface area contributed by atoms with Crippen molar-refractivity contribution in [3.63, 3.8) is 0 Å². The van der Waals surface area contributed by atoms with Crippen molar-refractivity contribution in [1.82, 2.24) is 4.98 Å². The van der Waals surface area contributed by atoms with Gasteiger partial charge in [-0.05, 0) is 65.5 Å². The van der Waals surface area contributed by atoms with E-state index >= 15 is 0 Å².